The third-order valence-electron chi connectivity index (χ3n) is 2.28. The summed E-state index contributed by atoms with van der Waals surface area (Å²) < 4.78 is 1.80. The lowest BCUT2D eigenvalue weighted by atomic mass is 10.3. The Kier molecular flexibility index (Phi) is 2.04. The Bertz CT molecular complexity index is 290. The third-order valence-corrected chi connectivity index (χ3v) is 2.28. The lowest BCUT2D eigenvalue weighted by molar-refractivity contribution is -0.124. The first-order chi connectivity index (χ1) is 6.27. The van der Waals surface area contributed by atoms with Crippen LogP contribution in [0.1, 0.15) is 25.8 Å². The molecule has 1 unspecified atom stereocenters. The van der Waals surface area contributed by atoms with Gasteiger partial charge in [0.05, 0.1) is 6.33 Å². The fourth-order valence-electron chi connectivity index (χ4n) is 1.18. The summed E-state index contributed by atoms with van der Waals surface area (Å²) >= 11 is 0. The highest BCUT2D eigenvalue weighted by Gasteiger charge is 2.25. The SMILES string of the molecule is CC(C(=O)NC1CC1)n1ccnc1. The van der Waals surface area contributed by atoms with Gasteiger partial charge in [-0.2, -0.15) is 0 Å². The van der Waals surface area contributed by atoms with Crippen LogP contribution in [0.3, 0.4) is 0 Å². The van der Waals surface area contributed by atoms with Gasteiger partial charge in [-0.3, -0.25) is 4.79 Å². The molecule has 0 aromatic carbocycles. The second kappa shape index (κ2) is 3.20. The molecule has 1 saturated carbocycles. The fourth-order valence-corrected chi connectivity index (χ4v) is 1.18. The Morgan fingerprint density at radius 3 is 3.00 bits per heavy atom. The molecular formula is C9H13N3O. The maximum Gasteiger partial charge on any atom is 0.243 e. The standard InChI is InChI=1S/C9H13N3O/c1-7(12-5-4-10-6-12)9(13)11-8-2-3-8/h4-8H,2-3H2,1H3,(H,11,13). The molecule has 1 aromatic heterocycles. The number of carbonyl (C=O) groups is 1. The predicted molar refractivity (Wildman–Crippen MR) is 48.1 cm³/mol. The first-order valence-electron chi connectivity index (χ1n) is 4.55. The predicted octanol–water partition coefficient (Wildman–Crippen LogP) is 0.723. The van der Waals surface area contributed by atoms with E-state index in [1.54, 1.807) is 23.3 Å². The van der Waals surface area contributed by atoms with Gasteiger partial charge in [0.15, 0.2) is 0 Å². The number of imidazole rings is 1. The molecule has 0 radical (unpaired) electrons. The highest BCUT2D eigenvalue weighted by molar-refractivity contribution is 5.80. The van der Waals surface area contributed by atoms with E-state index in [0.717, 1.165) is 12.8 Å². The summed E-state index contributed by atoms with van der Waals surface area (Å²) in [5.41, 5.74) is 0. The van der Waals surface area contributed by atoms with Crippen molar-refractivity contribution in [3.05, 3.63) is 18.7 Å². The third kappa shape index (κ3) is 1.88. The Hall–Kier alpha value is -1.32. The van der Waals surface area contributed by atoms with Crippen molar-refractivity contribution in [1.29, 1.82) is 0 Å². The monoisotopic (exact) mass is 179 g/mol. The number of hydrogen-bond acceptors (Lipinski definition) is 2. The van der Waals surface area contributed by atoms with Crippen LogP contribution in [0.5, 0.6) is 0 Å². The van der Waals surface area contributed by atoms with Gasteiger partial charge >= 0.3 is 0 Å². The molecule has 1 fully saturated rings. The van der Waals surface area contributed by atoms with Crippen molar-refractivity contribution in [3.63, 3.8) is 0 Å². The molecule has 0 aliphatic heterocycles. The van der Waals surface area contributed by atoms with E-state index in [4.69, 9.17) is 0 Å². The zero-order valence-electron chi connectivity index (χ0n) is 7.60. The van der Waals surface area contributed by atoms with E-state index >= 15 is 0 Å². The Morgan fingerprint density at radius 1 is 1.69 bits per heavy atom. The molecule has 70 valence electrons. The highest BCUT2D eigenvalue weighted by Crippen LogP contribution is 2.19. The van der Waals surface area contributed by atoms with Crippen LogP contribution < -0.4 is 5.32 Å². The molecule has 1 atom stereocenters. The molecule has 1 aliphatic rings. The Balaban J connectivity index is 1.95. The minimum absolute atomic E-state index is 0.0838. The quantitative estimate of drug-likeness (QED) is 0.743. The first kappa shape index (κ1) is 8.29. The summed E-state index contributed by atoms with van der Waals surface area (Å²) in [5.74, 6) is 0.0838. The van der Waals surface area contributed by atoms with Gasteiger partial charge in [0.25, 0.3) is 0 Å². The number of aromatic nitrogens is 2. The number of amides is 1. The van der Waals surface area contributed by atoms with Crippen LogP contribution in [0.15, 0.2) is 18.7 Å². The summed E-state index contributed by atoms with van der Waals surface area (Å²) in [6.45, 7) is 1.87. The van der Waals surface area contributed by atoms with Crippen molar-refractivity contribution in [1.82, 2.24) is 14.9 Å². The van der Waals surface area contributed by atoms with Gasteiger partial charge in [-0.15, -0.1) is 0 Å². The molecule has 1 heterocycles. The molecule has 4 nitrogen and oxygen atoms in total. The lowest BCUT2D eigenvalue weighted by Crippen LogP contribution is -2.32. The second-order valence-electron chi connectivity index (χ2n) is 3.47. The molecule has 0 spiro atoms. The molecular weight excluding hydrogens is 166 g/mol. The summed E-state index contributed by atoms with van der Waals surface area (Å²) in [6, 6.07) is 0.279. The van der Waals surface area contributed by atoms with Gasteiger partial charge in [-0.05, 0) is 19.8 Å². The largest absolute Gasteiger partial charge is 0.352 e. The van der Waals surface area contributed by atoms with Gasteiger partial charge in [0.1, 0.15) is 6.04 Å². The van der Waals surface area contributed by atoms with Crippen LogP contribution in [0, 0.1) is 0 Å². The van der Waals surface area contributed by atoms with Crippen molar-refractivity contribution >= 4 is 5.91 Å². The van der Waals surface area contributed by atoms with Crippen molar-refractivity contribution < 1.29 is 4.79 Å². The molecule has 1 amide bonds. The molecule has 13 heavy (non-hydrogen) atoms. The zero-order valence-corrected chi connectivity index (χ0v) is 7.60. The van der Waals surface area contributed by atoms with Crippen LogP contribution >= 0.6 is 0 Å². The van der Waals surface area contributed by atoms with Crippen LogP contribution in [-0.4, -0.2) is 21.5 Å². The van der Waals surface area contributed by atoms with Gasteiger partial charge in [0.2, 0.25) is 5.91 Å². The van der Waals surface area contributed by atoms with Gasteiger partial charge in [-0.25, -0.2) is 4.98 Å². The summed E-state index contributed by atoms with van der Waals surface area (Å²) in [7, 11) is 0. The minimum atomic E-state index is -0.150. The topological polar surface area (TPSA) is 46.9 Å². The molecule has 0 bridgehead atoms. The van der Waals surface area contributed by atoms with E-state index in [2.05, 4.69) is 10.3 Å². The summed E-state index contributed by atoms with van der Waals surface area (Å²) in [4.78, 5) is 15.4. The van der Waals surface area contributed by atoms with Gasteiger partial charge in [-0.1, -0.05) is 0 Å². The normalized spacial score (nSPS) is 18.2. The van der Waals surface area contributed by atoms with E-state index in [-0.39, 0.29) is 11.9 Å². The summed E-state index contributed by atoms with van der Waals surface area (Å²) in [6.07, 6.45) is 7.40. The molecule has 1 aromatic rings. The molecule has 1 aliphatic carbocycles. The van der Waals surface area contributed by atoms with Crippen LogP contribution in [0.2, 0.25) is 0 Å². The number of hydrogen-bond donors (Lipinski definition) is 1. The highest BCUT2D eigenvalue weighted by atomic mass is 16.2. The molecule has 4 heteroatoms. The maximum absolute atomic E-state index is 11.5. The van der Waals surface area contributed by atoms with E-state index in [1.807, 2.05) is 6.92 Å². The number of carbonyl (C=O) groups excluding carboxylic acids is 1. The van der Waals surface area contributed by atoms with Crippen LogP contribution in [0.25, 0.3) is 0 Å². The number of nitrogens with zero attached hydrogens (tertiary/aromatic N) is 2. The Morgan fingerprint density at radius 2 is 2.46 bits per heavy atom. The summed E-state index contributed by atoms with van der Waals surface area (Å²) in [5, 5.41) is 2.95. The average molecular weight is 179 g/mol. The van der Waals surface area contributed by atoms with Gasteiger partial charge in [0, 0.05) is 18.4 Å². The van der Waals surface area contributed by atoms with Gasteiger partial charge < -0.3 is 9.88 Å². The first-order valence-corrected chi connectivity index (χ1v) is 4.55. The lowest BCUT2D eigenvalue weighted by Gasteiger charge is -2.12. The average Bonchev–Trinajstić information content (AvgIpc) is 2.78. The van der Waals surface area contributed by atoms with E-state index in [0.29, 0.717) is 6.04 Å². The van der Waals surface area contributed by atoms with Crippen LogP contribution in [-0.2, 0) is 4.79 Å². The van der Waals surface area contributed by atoms with Crippen molar-refractivity contribution in [2.45, 2.75) is 31.8 Å². The van der Waals surface area contributed by atoms with E-state index in [1.165, 1.54) is 0 Å². The zero-order chi connectivity index (χ0) is 9.26. The van der Waals surface area contributed by atoms with Crippen molar-refractivity contribution in [3.8, 4) is 0 Å². The number of rotatable bonds is 3. The fraction of sp³-hybridized carbons (Fsp3) is 0.556. The van der Waals surface area contributed by atoms with E-state index in [9.17, 15) is 4.79 Å². The molecule has 1 N–H and O–H groups in total. The second-order valence-corrected chi connectivity index (χ2v) is 3.47. The molecule has 2 rings (SSSR count). The molecule has 0 saturated heterocycles. The smallest absolute Gasteiger partial charge is 0.243 e. The van der Waals surface area contributed by atoms with Crippen LogP contribution in [0.4, 0.5) is 0 Å². The maximum atomic E-state index is 11.5. The Labute approximate surface area is 77.0 Å². The van der Waals surface area contributed by atoms with Crippen molar-refractivity contribution in [2.75, 3.05) is 0 Å². The number of nitrogens with one attached hydrogen (secondary N) is 1. The van der Waals surface area contributed by atoms with Crippen molar-refractivity contribution in [2.24, 2.45) is 0 Å². The van der Waals surface area contributed by atoms with E-state index < -0.39 is 0 Å². The minimum Gasteiger partial charge on any atom is -0.352 e.